The summed E-state index contributed by atoms with van der Waals surface area (Å²) in [5, 5.41) is 16.6. The van der Waals surface area contributed by atoms with Crippen LogP contribution in [-0.4, -0.2) is 34.5 Å². The van der Waals surface area contributed by atoms with Gasteiger partial charge in [-0.25, -0.2) is 13.2 Å². The molecule has 2 N–H and O–H groups in total. The number of aromatic carboxylic acids is 1. The van der Waals surface area contributed by atoms with Gasteiger partial charge in [0.1, 0.15) is 0 Å². The van der Waals surface area contributed by atoms with Crippen LogP contribution in [0.25, 0.3) is 0 Å². The summed E-state index contributed by atoms with van der Waals surface area (Å²) >= 11 is 0. The molecular formula is C13H16N4O4S. The molecule has 2 rings (SSSR count). The molecule has 0 saturated heterocycles. The third kappa shape index (κ3) is 2.80. The SMILES string of the molecule is Cc1cc(C(=O)O)cc(S(=O)(=O)Nc2nnn(C)c2C)c1C. The number of rotatable bonds is 4. The van der Waals surface area contributed by atoms with Gasteiger partial charge in [0.2, 0.25) is 0 Å². The Kier molecular flexibility index (Phi) is 3.92. The van der Waals surface area contributed by atoms with Crippen molar-refractivity contribution in [1.29, 1.82) is 0 Å². The lowest BCUT2D eigenvalue weighted by atomic mass is 10.1. The standard InChI is InChI=1S/C13H16N4O4S/c1-7-5-10(13(18)19)6-11(8(7)2)22(20,21)15-12-9(3)17(4)16-14-12/h5-6,15H,1-4H3,(H,18,19). The smallest absolute Gasteiger partial charge is 0.335 e. The van der Waals surface area contributed by atoms with Crippen LogP contribution in [0.2, 0.25) is 0 Å². The molecule has 0 spiro atoms. The summed E-state index contributed by atoms with van der Waals surface area (Å²) in [5.74, 6) is -1.07. The van der Waals surface area contributed by atoms with E-state index in [4.69, 9.17) is 5.11 Å². The molecule has 8 nitrogen and oxygen atoms in total. The Morgan fingerprint density at radius 3 is 2.41 bits per heavy atom. The number of hydrogen-bond acceptors (Lipinski definition) is 5. The summed E-state index contributed by atoms with van der Waals surface area (Å²) in [6.45, 7) is 4.96. The third-order valence-electron chi connectivity index (χ3n) is 3.49. The van der Waals surface area contributed by atoms with Crippen LogP contribution in [-0.2, 0) is 17.1 Å². The van der Waals surface area contributed by atoms with E-state index in [0.29, 0.717) is 16.8 Å². The number of carbonyl (C=O) groups is 1. The number of benzene rings is 1. The van der Waals surface area contributed by atoms with Crippen molar-refractivity contribution in [2.24, 2.45) is 7.05 Å². The quantitative estimate of drug-likeness (QED) is 0.874. The van der Waals surface area contributed by atoms with Crippen molar-refractivity contribution in [3.05, 3.63) is 34.5 Å². The molecule has 0 unspecified atom stereocenters. The van der Waals surface area contributed by atoms with Crippen molar-refractivity contribution in [3.8, 4) is 0 Å². The number of carboxylic acid groups (broad SMARTS) is 1. The first kappa shape index (κ1) is 16.0. The highest BCUT2D eigenvalue weighted by Crippen LogP contribution is 2.24. The van der Waals surface area contributed by atoms with E-state index in [2.05, 4.69) is 15.0 Å². The predicted molar refractivity (Wildman–Crippen MR) is 79.4 cm³/mol. The fraction of sp³-hybridized carbons (Fsp3) is 0.308. The van der Waals surface area contributed by atoms with Gasteiger partial charge in [-0.3, -0.25) is 9.40 Å². The minimum atomic E-state index is -3.96. The van der Waals surface area contributed by atoms with Crippen LogP contribution in [0.15, 0.2) is 17.0 Å². The zero-order chi connectivity index (χ0) is 16.7. The molecule has 0 aliphatic rings. The summed E-state index contributed by atoms with van der Waals surface area (Å²) in [4.78, 5) is 11.0. The predicted octanol–water partition coefficient (Wildman–Crippen LogP) is 1.24. The van der Waals surface area contributed by atoms with Gasteiger partial charge in [0.15, 0.2) is 5.82 Å². The van der Waals surface area contributed by atoms with Crippen LogP contribution in [0.5, 0.6) is 0 Å². The lowest BCUT2D eigenvalue weighted by Gasteiger charge is -2.12. The second kappa shape index (κ2) is 5.41. The topological polar surface area (TPSA) is 114 Å². The minimum absolute atomic E-state index is 0.0839. The first-order valence-electron chi connectivity index (χ1n) is 6.37. The minimum Gasteiger partial charge on any atom is -0.478 e. The van der Waals surface area contributed by atoms with Crippen LogP contribution in [0.3, 0.4) is 0 Å². The molecule has 0 atom stereocenters. The van der Waals surface area contributed by atoms with E-state index in [-0.39, 0.29) is 16.3 Å². The van der Waals surface area contributed by atoms with Gasteiger partial charge in [-0.1, -0.05) is 5.21 Å². The summed E-state index contributed by atoms with van der Waals surface area (Å²) in [5.41, 5.74) is 1.53. The Hall–Kier alpha value is -2.42. The normalized spacial score (nSPS) is 11.5. The van der Waals surface area contributed by atoms with E-state index in [1.54, 1.807) is 27.8 Å². The lowest BCUT2D eigenvalue weighted by Crippen LogP contribution is -2.17. The fourth-order valence-corrected chi connectivity index (χ4v) is 3.31. The molecule has 2 aromatic rings. The molecule has 0 amide bonds. The maximum atomic E-state index is 12.5. The number of aryl methyl sites for hydroxylation is 2. The van der Waals surface area contributed by atoms with E-state index in [9.17, 15) is 13.2 Å². The van der Waals surface area contributed by atoms with E-state index < -0.39 is 16.0 Å². The van der Waals surface area contributed by atoms with Crippen LogP contribution in [0.4, 0.5) is 5.82 Å². The monoisotopic (exact) mass is 324 g/mol. The van der Waals surface area contributed by atoms with Gasteiger partial charge in [-0.05, 0) is 44.0 Å². The molecule has 22 heavy (non-hydrogen) atoms. The van der Waals surface area contributed by atoms with Gasteiger partial charge < -0.3 is 5.11 Å². The van der Waals surface area contributed by atoms with E-state index >= 15 is 0 Å². The largest absolute Gasteiger partial charge is 0.478 e. The maximum absolute atomic E-state index is 12.5. The summed E-state index contributed by atoms with van der Waals surface area (Å²) in [7, 11) is -2.32. The Morgan fingerprint density at radius 1 is 1.27 bits per heavy atom. The van der Waals surface area contributed by atoms with Crippen molar-refractivity contribution < 1.29 is 18.3 Å². The van der Waals surface area contributed by atoms with Crippen molar-refractivity contribution in [1.82, 2.24) is 15.0 Å². The highest BCUT2D eigenvalue weighted by atomic mass is 32.2. The van der Waals surface area contributed by atoms with Gasteiger partial charge >= 0.3 is 5.97 Å². The van der Waals surface area contributed by atoms with Crippen LogP contribution < -0.4 is 4.72 Å². The molecule has 0 saturated carbocycles. The highest BCUT2D eigenvalue weighted by molar-refractivity contribution is 7.92. The number of anilines is 1. The number of aromatic nitrogens is 3. The second-order valence-electron chi connectivity index (χ2n) is 4.97. The summed E-state index contributed by atoms with van der Waals surface area (Å²) in [6.07, 6.45) is 0. The van der Waals surface area contributed by atoms with Gasteiger partial charge in [0.05, 0.1) is 16.2 Å². The zero-order valence-electron chi connectivity index (χ0n) is 12.6. The number of carboxylic acids is 1. The molecule has 1 heterocycles. The molecule has 0 aliphatic heterocycles. The second-order valence-corrected chi connectivity index (χ2v) is 6.62. The molecular weight excluding hydrogens is 308 g/mol. The summed E-state index contributed by atoms with van der Waals surface area (Å²) < 4.78 is 28.8. The highest BCUT2D eigenvalue weighted by Gasteiger charge is 2.23. The molecule has 1 aromatic heterocycles. The maximum Gasteiger partial charge on any atom is 0.335 e. The van der Waals surface area contributed by atoms with Gasteiger partial charge in [-0.2, -0.15) is 0 Å². The van der Waals surface area contributed by atoms with Crippen molar-refractivity contribution in [2.75, 3.05) is 4.72 Å². The van der Waals surface area contributed by atoms with E-state index in [1.807, 2.05) is 0 Å². The van der Waals surface area contributed by atoms with Crippen molar-refractivity contribution in [2.45, 2.75) is 25.7 Å². The number of hydrogen-bond donors (Lipinski definition) is 2. The molecule has 9 heteroatoms. The first-order valence-corrected chi connectivity index (χ1v) is 7.85. The van der Waals surface area contributed by atoms with Gasteiger partial charge in [0.25, 0.3) is 10.0 Å². The van der Waals surface area contributed by atoms with Crippen molar-refractivity contribution in [3.63, 3.8) is 0 Å². The Bertz CT molecular complexity index is 855. The van der Waals surface area contributed by atoms with Gasteiger partial charge in [0, 0.05) is 7.05 Å². The van der Waals surface area contributed by atoms with E-state index in [1.165, 1.54) is 10.7 Å². The summed E-state index contributed by atoms with van der Waals surface area (Å²) in [6, 6.07) is 2.57. The lowest BCUT2D eigenvalue weighted by molar-refractivity contribution is 0.0696. The number of nitrogens with one attached hydrogen (secondary N) is 1. The van der Waals surface area contributed by atoms with Crippen LogP contribution >= 0.6 is 0 Å². The number of sulfonamides is 1. The molecule has 118 valence electrons. The Balaban J connectivity index is 2.54. The zero-order valence-corrected chi connectivity index (χ0v) is 13.4. The Labute approximate surface area is 127 Å². The third-order valence-corrected chi connectivity index (χ3v) is 4.96. The van der Waals surface area contributed by atoms with E-state index in [0.717, 1.165) is 6.07 Å². The molecule has 1 aromatic carbocycles. The van der Waals surface area contributed by atoms with Crippen LogP contribution in [0.1, 0.15) is 27.2 Å². The Morgan fingerprint density at radius 2 is 1.91 bits per heavy atom. The van der Waals surface area contributed by atoms with Crippen LogP contribution in [0, 0.1) is 20.8 Å². The average Bonchev–Trinajstić information content (AvgIpc) is 2.72. The first-order chi connectivity index (χ1) is 10.1. The van der Waals surface area contributed by atoms with Crippen molar-refractivity contribution >= 4 is 21.8 Å². The molecule has 0 radical (unpaired) electrons. The molecule has 0 bridgehead atoms. The molecule has 0 fully saturated rings. The van der Waals surface area contributed by atoms with Gasteiger partial charge in [-0.15, -0.1) is 5.10 Å². The number of nitrogens with zero attached hydrogens (tertiary/aromatic N) is 3. The average molecular weight is 324 g/mol. The molecule has 0 aliphatic carbocycles. The fourth-order valence-electron chi connectivity index (χ4n) is 1.91.